The van der Waals surface area contributed by atoms with Crippen LogP contribution in [0.4, 0.5) is 0 Å². The molecule has 0 unspecified atom stereocenters. The van der Waals surface area contributed by atoms with E-state index in [2.05, 4.69) is 450 Å². The van der Waals surface area contributed by atoms with Crippen LogP contribution in [0.1, 0.15) is 132 Å². The lowest BCUT2D eigenvalue weighted by Gasteiger charge is -2.26. The number of aryl methyl sites for hydroxylation is 19. The van der Waals surface area contributed by atoms with E-state index < -0.39 is 0 Å². The summed E-state index contributed by atoms with van der Waals surface area (Å²) in [5.74, 6) is 0. The largest absolute Gasteiger partial charge is 0.243 e. The smallest absolute Gasteiger partial charge is 0.0657 e. The highest BCUT2D eigenvalue weighted by Crippen LogP contribution is 2.44. The number of benzene rings is 21. The standard InChI is InChI=1S/C44H43B.C41H37B.C40H35B/c1-26-22-28(3)42(29(4)23-26)45(43-30(5)24-27(2)25-31(43)6)39-21-15-34-13-19-37-36(32-10-16-35(17-11-32)44(7,8)9)18-12-33-14-20-38(39)41(34)40(33)37;1-24-8-10-31(11-9-24)34-16-12-32-14-18-36-37(19-15-33-13-17-35(34)38(32)39(33)36)42(40-27(4)20-25(2)21-28(40)5)41-29(6)22-26(3)23-30(41)7;1-24-20-26(3)39(27(4)21-24)41(40-28(5)22-25(2)23-29(40)6)36-19-15-32-13-17-34-33(30-10-8-7-9-11-30)16-12-31-14-18-35(36)38(32)37(31)34/h10-25H,1-9H3;8-23H,1-7H3;7-23H,1-6H3. The van der Waals surface area contributed by atoms with E-state index in [-0.39, 0.29) is 25.6 Å². The molecule has 0 bridgehead atoms. The van der Waals surface area contributed by atoms with E-state index in [1.165, 1.54) is 291 Å². The van der Waals surface area contributed by atoms with Crippen molar-refractivity contribution in [1.29, 1.82) is 0 Å². The second kappa shape index (κ2) is 33.0. The van der Waals surface area contributed by atoms with Crippen LogP contribution in [0.3, 0.4) is 0 Å². The Balaban J connectivity index is 0.000000125. The normalized spacial score (nSPS) is 11.8. The van der Waals surface area contributed by atoms with E-state index in [0.29, 0.717) is 0 Å². The Bertz CT molecular complexity index is 7670. The zero-order valence-corrected chi connectivity index (χ0v) is 79.0. The first-order valence-corrected chi connectivity index (χ1v) is 46.3. The summed E-state index contributed by atoms with van der Waals surface area (Å²) < 4.78 is 0. The molecule has 0 atom stereocenters. The molecule has 0 heterocycles. The van der Waals surface area contributed by atoms with Gasteiger partial charge in [0.1, 0.15) is 0 Å². The first-order chi connectivity index (χ1) is 61.4. The summed E-state index contributed by atoms with van der Waals surface area (Å²) in [7, 11) is 0. The fourth-order valence-electron chi connectivity index (χ4n) is 23.7. The van der Waals surface area contributed by atoms with Gasteiger partial charge in [0, 0.05) is 0 Å². The fraction of sp³-hybridized carbons (Fsp3) is 0.184. The van der Waals surface area contributed by atoms with Crippen molar-refractivity contribution in [2.45, 2.75) is 158 Å². The Morgan fingerprint density at radius 2 is 0.367 bits per heavy atom. The van der Waals surface area contributed by atoms with Gasteiger partial charge in [0.25, 0.3) is 0 Å². The first-order valence-electron chi connectivity index (χ1n) is 46.3. The average molecular weight is 1650 g/mol. The zero-order chi connectivity index (χ0) is 89.5. The Morgan fingerprint density at radius 1 is 0.172 bits per heavy atom. The van der Waals surface area contributed by atoms with Gasteiger partial charge in [0.2, 0.25) is 20.1 Å². The second-order valence-corrected chi connectivity index (χ2v) is 39.3. The lowest BCUT2D eigenvalue weighted by molar-refractivity contribution is 0.590. The van der Waals surface area contributed by atoms with Crippen LogP contribution < -0.4 is 49.2 Å². The molecule has 0 N–H and O–H groups in total. The highest BCUT2D eigenvalue weighted by atomic mass is 14.3. The minimum Gasteiger partial charge on any atom is -0.0657 e. The van der Waals surface area contributed by atoms with Crippen molar-refractivity contribution in [2.24, 2.45) is 0 Å². The lowest BCUT2D eigenvalue weighted by Crippen LogP contribution is -2.56. The van der Waals surface area contributed by atoms with Crippen molar-refractivity contribution in [1.82, 2.24) is 0 Å². The summed E-state index contributed by atoms with van der Waals surface area (Å²) in [5, 5.41) is 24.1. The molecule has 0 aromatic heterocycles. The lowest BCUT2D eigenvalue weighted by atomic mass is 9.33. The van der Waals surface area contributed by atoms with Crippen LogP contribution in [0.5, 0.6) is 0 Å². The first kappa shape index (κ1) is 84.4. The van der Waals surface area contributed by atoms with E-state index in [0.717, 1.165) is 0 Å². The Hall–Kier alpha value is -13.1. The highest BCUT2D eigenvalue weighted by molar-refractivity contribution is 6.99. The van der Waals surface area contributed by atoms with Gasteiger partial charge in [-0.05, 0) is 273 Å². The maximum absolute atomic E-state index is 2.41. The molecule has 0 nitrogen and oxygen atoms in total. The molecule has 21 rings (SSSR count). The number of rotatable bonds is 12. The van der Waals surface area contributed by atoms with Crippen LogP contribution in [-0.4, -0.2) is 20.1 Å². The molecule has 0 radical (unpaired) electrons. The van der Waals surface area contributed by atoms with Crippen molar-refractivity contribution in [3.8, 4) is 33.4 Å². The zero-order valence-electron chi connectivity index (χ0n) is 79.0. The monoisotopic (exact) mass is 1650 g/mol. The molecule has 0 aliphatic heterocycles. The van der Waals surface area contributed by atoms with Crippen LogP contribution >= 0.6 is 0 Å². The maximum Gasteiger partial charge on any atom is 0.243 e. The molecule has 128 heavy (non-hydrogen) atoms. The maximum atomic E-state index is 2.41. The SMILES string of the molecule is Cc1cc(C)c(B(c2c(C)cc(C)cc2C)c2ccc3ccc4c(-c5ccc(C(C)(C)C)cc5)ccc5ccc2c3c54)c(C)c1.Cc1cc(C)c(B(c2c(C)cc(C)cc2C)c2ccc3ccc4c(-c5ccccc5)ccc5ccc2c3c54)c(C)c1.Cc1ccc(-c2ccc3ccc4c(B(c5c(C)cc(C)cc5C)c5c(C)cc(C)cc5C)ccc5ccc2c3c54)cc1. The minimum absolute atomic E-state index is 0.135. The number of hydrogen-bond donors (Lipinski definition) is 0. The molecule has 0 fully saturated rings. The molecular weight excluding hydrogens is 1530 g/mol. The molecule has 21 aromatic carbocycles. The summed E-state index contributed by atoms with van der Waals surface area (Å²) in [6.45, 7) is 50.3. The van der Waals surface area contributed by atoms with Crippen molar-refractivity contribution < 1.29 is 0 Å². The van der Waals surface area contributed by atoms with E-state index in [4.69, 9.17) is 0 Å². The van der Waals surface area contributed by atoms with E-state index in [1.54, 1.807) is 0 Å². The van der Waals surface area contributed by atoms with Crippen molar-refractivity contribution in [3.05, 3.63) is 409 Å². The van der Waals surface area contributed by atoms with Crippen LogP contribution in [-0.2, 0) is 5.41 Å². The summed E-state index contributed by atoms with van der Waals surface area (Å²) in [4.78, 5) is 0. The predicted octanol–water partition coefficient (Wildman–Crippen LogP) is 27.5. The second-order valence-electron chi connectivity index (χ2n) is 39.3. The van der Waals surface area contributed by atoms with Crippen LogP contribution in [0.2, 0.25) is 0 Å². The van der Waals surface area contributed by atoms with Gasteiger partial charge >= 0.3 is 0 Å². The topological polar surface area (TPSA) is 0 Å². The minimum atomic E-state index is 0.135. The molecule has 21 aromatic rings. The van der Waals surface area contributed by atoms with E-state index in [1.807, 2.05) is 0 Å². The van der Waals surface area contributed by atoms with E-state index >= 15 is 0 Å². The van der Waals surface area contributed by atoms with E-state index in [9.17, 15) is 0 Å². The highest BCUT2D eigenvalue weighted by Gasteiger charge is 2.35. The van der Waals surface area contributed by atoms with Gasteiger partial charge in [-0.2, -0.15) is 0 Å². The third kappa shape index (κ3) is 14.8. The fourth-order valence-corrected chi connectivity index (χ4v) is 23.7. The molecule has 0 saturated carbocycles. The molecule has 0 aliphatic carbocycles. The molecule has 0 spiro atoms. The van der Waals surface area contributed by atoms with Gasteiger partial charge in [-0.1, -0.05) is 473 Å². The molecule has 0 aliphatic rings. The van der Waals surface area contributed by atoms with Gasteiger partial charge < -0.3 is 0 Å². The molecule has 3 heteroatoms. The Kier molecular flexibility index (Phi) is 21.7. The summed E-state index contributed by atoms with van der Waals surface area (Å²) in [5.41, 5.74) is 47.6. The molecule has 0 amide bonds. The molecule has 0 saturated heterocycles. The van der Waals surface area contributed by atoms with Crippen molar-refractivity contribution in [2.75, 3.05) is 0 Å². The van der Waals surface area contributed by atoms with Gasteiger partial charge in [-0.3, -0.25) is 0 Å². The molecular formula is C125H115B3. The third-order valence-corrected chi connectivity index (χ3v) is 28.7. The number of hydrogen-bond acceptors (Lipinski definition) is 0. The average Bonchev–Trinajstić information content (AvgIpc) is 0.733. The van der Waals surface area contributed by atoms with Crippen LogP contribution in [0, 0.1) is 132 Å². The predicted molar refractivity (Wildman–Crippen MR) is 568 cm³/mol. The molecule has 624 valence electrons. The van der Waals surface area contributed by atoms with Crippen molar-refractivity contribution >= 4 is 166 Å². The summed E-state index contributed by atoms with van der Waals surface area (Å²) in [6, 6.07) is 114. The van der Waals surface area contributed by atoms with Gasteiger partial charge in [0.05, 0.1) is 0 Å². The quantitative estimate of drug-likeness (QED) is 0.0845. The third-order valence-electron chi connectivity index (χ3n) is 28.7. The summed E-state index contributed by atoms with van der Waals surface area (Å²) >= 11 is 0. The van der Waals surface area contributed by atoms with Gasteiger partial charge in [-0.15, -0.1) is 0 Å². The Labute approximate surface area is 760 Å². The van der Waals surface area contributed by atoms with Gasteiger partial charge in [0.15, 0.2) is 0 Å². The summed E-state index contributed by atoms with van der Waals surface area (Å²) in [6.07, 6.45) is 0. The van der Waals surface area contributed by atoms with Gasteiger partial charge in [-0.25, -0.2) is 0 Å². The van der Waals surface area contributed by atoms with Crippen LogP contribution in [0.25, 0.3) is 130 Å². The van der Waals surface area contributed by atoms with Crippen LogP contribution in [0.15, 0.2) is 297 Å². The van der Waals surface area contributed by atoms with Crippen molar-refractivity contribution in [3.63, 3.8) is 0 Å². The Morgan fingerprint density at radius 3 is 0.602 bits per heavy atom.